The fraction of sp³-hybridized carbons (Fsp3) is 0. The van der Waals surface area contributed by atoms with Gasteiger partial charge in [-0.1, -0.05) is 0 Å². The van der Waals surface area contributed by atoms with Crippen LogP contribution in [-0.2, 0) is 20.6 Å². The molecule has 0 amide bonds. The summed E-state index contributed by atoms with van der Waals surface area (Å²) in [5, 5.41) is 0. The highest BCUT2D eigenvalue weighted by molar-refractivity contribution is 8.03. The van der Waals surface area contributed by atoms with E-state index in [0.717, 1.165) is 0 Å². The fourth-order valence-electron chi connectivity index (χ4n) is 1.43. The Morgan fingerprint density at radius 3 is 0.500 bits per heavy atom. The predicted octanol–water partition coefficient (Wildman–Crippen LogP) is -20.1. The van der Waals surface area contributed by atoms with Crippen LogP contribution in [0, 0.1) is 0 Å². The number of hydrogen-bond donors (Lipinski definition) is 28. The molecule has 44 heteroatoms. The summed E-state index contributed by atoms with van der Waals surface area (Å²) in [4.78, 5) is 232. The first-order valence-corrected chi connectivity index (χ1v) is 31.7. The molecule has 1 fully saturated rings. The molecular weight excluding hydrogens is 837 g/mol. The van der Waals surface area contributed by atoms with Gasteiger partial charge in [-0.05, 0) is 0 Å². The molecular formula is H28O33Si11. The minimum atomic E-state index is -5.72. The van der Waals surface area contributed by atoms with Crippen LogP contribution in [0.4, 0.5) is 0 Å². The van der Waals surface area contributed by atoms with Gasteiger partial charge in [0.2, 0.25) is 0 Å². The summed E-state index contributed by atoms with van der Waals surface area (Å²) in [5.74, 6) is 0. The van der Waals surface area contributed by atoms with Crippen LogP contribution in [0.5, 0.6) is 0 Å². The molecule has 0 aliphatic carbocycles. The van der Waals surface area contributed by atoms with Crippen molar-refractivity contribution in [2.45, 2.75) is 0 Å². The normalized spacial score (nSPS) is 18.5. The molecule has 270 valence electrons. The van der Waals surface area contributed by atoms with Gasteiger partial charge < -0.3 is 155 Å². The highest BCUT2D eigenvalue weighted by Gasteiger charge is 3.01. The number of rotatable bonds is 10. The second-order valence-electron chi connectivity index (χ2n) is 7.07. The SMILES string of the molecule is O[Si](O)(O)O.O[Si](O)(O)O[Si](O)(O)O[Si](O)(O)O.O[Si](O)(O)O[Si](O)(O[Si](O)(O)O)O[Si](O)(O)O.O[Si]1(O)[Si](O)(O)[Si]1(O)O. The van der Waals surface area contributed by atoms with E-state index in [-0.39, 0.29) is 0 Å². The highest BCUT2D eigenvalue weighted by atomic mass is 30.2. The lowest BCUT2D eigenvalue weighted by atomic mass is 15.5. The Labute approximate surface area is 249 Å². The topological polar surface area (TPSA) is 613 Å². The fourth-order valence-corrected chi connectivity index (χ4v) is 31.8. The molecule has 0 spiro atoms. The Bertz CT molecular complexity index is 729. The minimum Gasteiger partial charge on any atom is -0.409 e. The van der Waals surface area contributed by atoms with Gasteiger partial charge in [-0.2, -0.15) is 0 Å². The Morgan fingerprint density at radius 2 is 0.409 bits per heavy atom. The summed E-state index contributed by atoms with van der Waals surface area (Å²) < 4.78 is 17.4. The zero-order valence-electron chi connectivity index (χ0n) is 20.1. The van der Waals surface area contributed by atoms with Gasteiger partial charge >= 0.3 is 95.2 Å². The van der Waals surface area contributed by atoms with Gasteiger partial charge in [-0.15, -0.1) is 0 Å². The average Bonchev–Trinajstić information content (AvgIpc) is 2.77. The van der Waals surface area contributed by atoms with Gasteiger partial charge in [-0.25, -0.2) is 0 Å². The lowest BCUT2D eigenvalue weighted by Gasteiger charge is -2.28. The maximum absolute atomic E-state index is 9.15. The van der Waals surface area contributed by atoms with Crippen molar-refractivity contribution in [1.29, 1.82) is 0 Å². The summed E-state index contributed by atoms with van der Waals surface area (Å²) >= 11 is 0. The molecule has 0 atom stereocenters. The van der Waals surface area contributed by atoms with Crippen molar-refractivity contribution in [1.82, 2.24) is 0 Å². The molecule has 1 saturated heterocycles. The minimum absolute atomic E-state index is 3.39. The molecule has 0 aromatic carbocycles. The van der Waals surface area contributed by atoms with Crippen molar-refractivity contribution in [2.75, 3.05) is 0 Å². The molecule has 44 heavy (non-hydrogen) atoms. The molecule has 1 aliphatic rings. The van der Waals surface area contributed by atoms with E-state index < -0.39 is 95.2 Å². The zero-order valence-corrected chi connectivity index (χ0v) is 31.1. The van der Waals surface area contributed by atoms with E-state index >= 15 is 0 Å². The second kappa shape index (κ2) is 15.7. The maximum Gasteiger partial charge on any atom is 0.668 e. The van der Waals surface area contributed by atoms with Crippen LogP contribution in [0.15, 0.2) is 0 Å². The molecule has 28 N–H and O–H groups in total. The monoisotopic (exact) mass is 864 g/mol. The van der Waals surface area contributed by atoms with Gasteiger partial charge in [0.15, 0.2) is 0 Å². The third-order valence-corrected chi connectivity index (χ3v) is 38.9. The second-order valence-corrected chi connectivity index (χ2v) is 41.3. The molecule has 0 saturated carbocycles. The van der Waals surface area contributed by atoms with Crippen molar-refractivity contribution in [3.63, 3.8) is 0 Å². The molecule has 0 radical (unpaired) electrons. The predicted molar refractivity (Wildman–Crippen MR) is 131 cm³/mol. The van der Waals surface area contributed by atoms with Gasteiger partial charge in [0, 0.05) is 0 Å². The van der Waals surface area contributed by atoms with Crippen molar-refractivity contribution in [2.24, 2.45) is 0 Å². The van der Waals surface area contributed by atoms with Crippen LogP contribution < -0.4 is 0 Å². The first-order chi connectivity index (χ1) is 18.3. The summed E-state index contributed by atoms with van der Waals surface area (Å²) in [6, 6.07) is 0. The zero-order chi connectivity index (χ0) is 37.0. The summed E-state index contributed by atoms with van der Waals surface area (Å²) in [5.41, 5.74) is 0. The highest BCUT2D eigenvalue weighted by Crippen LogP contribution is 2.38. The molecule has 1 heterocycles. The molecule has 0 aromatic heterocycles. The van der Waals surface area contributed by atoms with E-state index in [1.165, 1.54) is 0 Å². The van der Waals surface area contributed by atoms with Gasteiger partial charge in [0.25, 0.3) is 0 Å². The first kappa shape index (κ1) is 49.5. The van der Waals surface area contributed by atoms with E-state index in [0.29, 0.717) is 0 Å². The summed E-state index contributed by atoms with van der Waals surface area (Å²) in [7, 11) is -55.8. The molecule has 0 aromatic rings. The molecule has 33 nitrogen and oxygen atoms in total. The third-order valence-electron chi connectivity index (χ3n) is 2.73. The lowest BCUT2D eigenvalue weighted by molar-refractivity contribution is -0.0145. The van der Waals surface area contributed by atoms with Gasteiger partial charge in [-0.3, -0.25) is 0 Å². The van der Waals surface area contributed by atoms with Gasteiger partial charge in [0.05, 0.1) is 0 Å². The van der Waals surface area contributed by atoms with Crippen LogP contribution in [0.1, 0.15) is 0 Å². The van der Waals surface area contributed by atoms with Crippen LogP contribution >= 0.6 is 0 Å². The molecule has 1 aliphatic heterocycles. The van der Waals surface area contributed by atoms with Crippen molar-refractivity contribution in [3.05, 3.63) is 0 Å². The largest absolute Gasteiger partial charge is 0.668 e. The molecule has 0 unspecified atom stereocenters. The quantitative estimate of drug-likeness (QED) is 0.0907. The van der Waals surface area contributed by atoms with E-state index in [1.807, 2.05) is 0 Å². The molecule has 0 bridgehead atoms. The Hall–Kier alpha value is 1.07. The van der Waals surface area contributed by atoms with E-state index in [1.54, 1.807) is 0 Å². The lowest BCUT2D eigenvalue weighted by Crippen LogP contribution is -2.66. The first-order valence-electron chi connectivity index (χ1n) is 9.05. The average molecular weight is 865 g/mol. The number of hydrogen-bond acceptors (Lipinski definition) is 33. The van der Waals surface area contributed by atoms with E-state index in [9.17, 15) is 0 Å². The van der Waals surface area contributed by atoms with Crippen LogP contribution in [0.2, 0.25) is 0 Å². The Morgan fingerprint density at radius 1 is 0.273 bits per heavy atom. The van der Waals surface area contributed by atoms with E-state index in [2.05, 4.69) is 20.6 Å². The Balaban J connectivity index is -0.000000549. The summed E-state index contributed by atoms with van der Waals surface area (Å²) in [6.07, 6.45) is 0. The maximum atomic E-state index is 9.15. The summed E-state index contributed by atoms with van der Waals surface area (Å²) in [6.45, 7) is 0. The van der Waals surface area contributed by atoms with Crippen molar-refractivity contribution >= 4 is 95.2 Å². The van der Waals surface area contributed by atoms with E-state index in [4.69, 9.17) is 134 Å². The third kappa shape index (κ3) is 24.2. The Kier molecular flexibility index (Phi) is 17.7. The van der Waals surface area contributed by atoms with Gasteiger partial charge in [0.1, 0.15) is 0 Å². The van der Waals surface area contributed by atoms with Crippen LogP contribution in [-0.4, -0.2) is 229 Å². The van der Waals surface area contributed by atoms with Crippen molar-refractivity contribution < 1.29 is 155 Å². The van der Waals surface area contributed by atoms with Crippen LogP contribution in [0.25, 0.3) is 0 Å². The van der Waals surface area contributed by atoms with Crippen LogP contribution in [0.3, 0.4) is 0 Å². The smallest absolute Gasteiger partial charge is 0.409 e. The molecule has 1 rings (SSSR count). The van der Waals surface area contributed by atoms with Crippen molar-refractivity contribution in [3.8, 4) is 0 Å². The standard InChI is InChI=1S/H10O13Si4.H8O10Si3.H6O6Si3.H4O4Si/c1-14(2,3)11-17(10,12-15(4,5)6)13-16(7,8)9;1-11(2,3)9-13(7,8)10-12(4,5)6;1-7(2)8(3,4)9(7,5)6;1-5(2,3)4/h1-10H;1-8H;1-6H;1-4H.